The molecule has 0 aliphatic carbocycles. The van der Waals surface area contributed by atoms with Crippen LogP contribution in [0.3, 0.4) is 0 Å². The highest BCUT2D eigenvalue weighted by Gasteiger charge is 2.12. The van der Waals surface area contributed by atoms with E-state index in [2.05, 4.69) is 9.97 Å². The molecule has 0 saturated carbocycles. The maximum Gasteiger partial charge on any atom is 0.316 e. The van der Waals surface area contributed by atoms with Crippen molar-refractivity contribution >= 4 is 19.2 Å². The predicted octanol–water partition coefficient (Wildman–Crippen LogP) is 3.26. The number of benzene rings is 2. The lowest BCUT2D eigenvalue weighted by Crippen LogP contribution is -1.95. The first-order chi connectivity index (χ1) is 12.6. The van der Waals surface area contributed by atoms with E-state index in [1.54, 1.807) is 14.2 Å². The Morgan fingerprint density at radius 2 is 1.73 bits per heavy atom. The van der Waals surface area contributed by atoms with Crippen molar-refractivity contribution in [2.45, 2.75) is 6.42 Å². The molecule has 0 spiro atoms. The van der Waals surface area contributed by atoms with E-state index in [1.807, 2.05) is 36.4 Å². The van der Waals surface area contributed by atoms with Crippen LogP contribution in [-0.4, -0.2) is 35.7 Å². The van der Waals surface area contributed by atoms with Crippen LogP contribution in [0.4, 0.5) is 0 Å². The third-order valence-electron chi connectivity index (χ3n) is 3.98. The normalized spacial score (nSPS) is 12.1. The smallest absolute Gasteiger partial charge is 0.316 e. The Hall–Kier alpha value is -2.47. The van der Waals surface area contributed by atoms with E-state index in [1.165, 1.54) is 6.33 Å². The van der Waals surface area contributed by atoms with Gasteiger partial charge in [0.2, 0.25) is 0 Å². The van der Waals surface area contributed by atoms with E-state index >= 15 is 0 Å². The standard InChI is InChI=1S/C18H19N2O5P/c1-23-16-9-14-15(10-17(16)24-2)19-11-20-18(14)13-5-3-12(4-6-13)7-8-25-26(21)22/h3-6,9-11,26H,7-8H2,1-2H3,(H,21,22). The Balaban J connectivity index is 1.93. The maximum absolute atomic E-state index is 10.6. The molecule has 0 bridgehead atoms. The largest absolute Gasteiger partial charge is 0.493 e. The van der Waals surface area contributed by atoms with Crippen LogP contribution in [0.5, 0.6) is 11.5 Å². The third kappa shape index (κ3) is 4.02. The Morgan fingerprint density at radius 1 is 1.04 bits per heavy atom. The van der Waals surface area contributed by atoms with Gasteiger partial charge >= 0.3 is 8.25 Å². The highest BCUT2D eigenvalue weighted by Crippen LogP contribution is 2.35. The van der Waals surface area contributed by atoms with E-state index in [0.717, 1.165) is 27.7 Å². The molecule has 3 aromatic rings. The van der Waals surface area contributed by atoms with Crippen molar-refractivity contribution in [3.05, 3.63) is 48.3 Å². The second kappa shape index (κ2) is 8.27. The number of hydrogen-bond acceptors (Lipinski definition) is 6. The average molecular weight is 374 g/mol. The van der Waals surface area contributed by atoms with Gasteiger partial charge in [0.05, 0.1) is 32.0 Å². The fourth-order valence-electron chi connectivity index (χ4n) is 2.70. The SMILES string of the molecule is COc1cc2ncnc(-c3ccc(CCO[PH](=O)O)cc3)c2cc1OC. The van der Waals surface area contributed by atoms with Crippen LogP contribution in [-0.2, 0) is 15.5 Å². The molecule has 1 heterocycles. The van der Waals surface area contributed by atoms with Crippen molar-refractivity contribution in [2.24, 2.45) is 0 Å². The van der Waals surface area contributed by atoms with Gasteiger partial charge in [-0.25, -0.2) is 9.97 Å². The van der Waals surface area contributed by atoms with Crippen molar-refractivity contribution in [3.8, 4) is 22.8 Å². The second-order valence-electron chi connectivity index (χ2n) is 5.51. The molecule has 1 unspecified atom stereocenters. The molecule has 2 aromatic carbocycles. The summed E-state index contributed by atoms with van der Waals surface area (Å²) in [7, 11) is 0.293. The Kier molecular flexibility index (Phi) is 5.83. The molecule has 7 nitrogen and oxygen atoms in total. The summed E-state index contributed by atoms with van der Waals surface area (Å²) < 4.78 is 26.0. The first kappa shape index (κ1) is 18.3. The van der Waals surface area contributed by atoms with Crippen LogP contribution >= 0.6 is 8.25 Å². The molecule has 8 heteroatoms. The van der Waals surface area contributed by atoms with Crippen LogP contribution in [0.2, 0.25) is 0 Å². The van der Waals surface area contributed by atoms with Gasteiger partial charge in [-0.15, -0.1) is 0 Å². The molecule has 0 amide bonds. The van der Waals surface area contributed by atoms with Crippen LogP contribution in [0, 0.1) is 0 Å². The number of nitrogens with zero attached hydrogens (tertiary/aromatic N) is 2. The van der Waals surface area contributed by atoms with E-state index in [-0.39, 0.29) is 6.61 Å². The van der Waals surface area contributed by atoms with E-state index in [9.17, 15) is 4.57 Å². The number of fused-ring (bicyclic) bond motifs is 1. The minimum atomic E-state index is -2.88. The van der Waals surface area contributed by atoms with Gasteiger partial charge < -0.3 is 18.9 Å². The number of hydrogen-bond donors (Lipinski definition) is 1. The molecule has 0 aliphatic rings. The van der Waals surface area contributed by atoms with Crippen LogP contribution < -0.4 is 9.47 Å². The zero-order valence-corrected chi connectivity index (χ0v) is 15.4. The number of rotatable bonds is 7. The highest BCUT2D eigenvalue weighted by atomic mass is 31.1. The van der Waals surface area contributed by atoms with Gasteiger partial charge in [0, 0.05) is 17.0 Å². The van der Waals surface area contributed by atoms with Gasteiger partial charge in [-0.05, 0) is 18.1 Å². The minimum Gasteiger partial charge on any atom is -0.493 e. The van der Waals surface area contributed by atoms with Gasteiger partial charge in [0.25, 0.3) is 0 Å². The van der Waals surface area contributed by atoms with Gasteiger partial charge in [-0.2, -0.15) is 0 Å². The van der Waals surface area contributed by atoms with Crippen molar-refractivity contribution in [2.75, 3.05) is 20.8 Å². The second-order valence-corrected chi connectivity index (χ2v) is 6.33. The average Bonchev–Trinajstić information content (AvgIpc) is 2.66. The highest BCUT2D eigenvalue weighted by molar-refractivity contribution is 7.32. The zero-order chi connectivity index (χ0) is 18.5. The molecule has 0 aliphatic heterocycles. The first-order valence-corrected chi connectivity index (χ1v) is 9.20. The summed E-state index contributed by atoms with van der Waals surface area (Å²) in [6.07, 6.45) is 2.08. The molecule has 0 fully saturated rings. The lowest BCUT2D eigenvalue weighted by Gasteiger charge is -2.11. The predicted molar refractivity (Wildman–Crippen MR) is 99.0 cm³/mol. The molecule has 26 heavy (non-hydrogen) atoms. The van der Waals surface area contributed by atoms with Crippen molar-refractivity contribution in [1.29, 1.82) is 0 Å². The molecule has 136 valence electrons. The Morgan fingerprint density at radius 3 is 2.38 bits per heavy atom. The number of aromatic nitrogens is 2. The lowest BCUT2D eigenvalue weighted by atomic mass is 10.0. The summed E-state index contributed by atoms with van der Waals surface area (Å²) in [6, 6.07) is 11.5. The fraction of sp³-hybridized carbons (Fsp3) is 0.222. The van der Waals surface area contributed by atoms with Crippen LogP contribution in [0.1, 0.15) is 5.56 Å². The topological polar surface area (TPSA) is 90.8 Å². The Bertz CT molecular complexity index is 931. The van der Waals surface area contributed by atoms with E-state index in [4.69, 9.17) is 18.9 Å². The molecule has 0 radical (unpaired) electrons. The summed E-state index contributed by atoms with van der Waals surface area (Å²) in [5, 5.41) is 0.861. The van der Waals surface area contributed by atoms with E-state index < -0.39 is 8.25 Å². The quantitative estimate of drug-likeness (QED) is 0.635. The lowest BCUT2D eigenvalue weighted by molar-refractivity contribution is 0.285. The molecule has 3 rings (SSSR count). The van der Waals surface area contributed by atoms with Gasteiger partial charge in [-0.1, -0.05) is 24.3 Å². The van der Waals surface area contributed by atoms with E-state index in [0.29, 0.717) is 17.9 Å². The fourth-order valence-corrected chi connectivity index (χ4v) is 2.98. The molecular weight excluding hydrogens is 355 g/mol. The molecule has 0 saturated heterocycles. The third-order valence-corrected chi connectivity index (χ3v) is 4.44. The summed E-state index contributed by atoms with van der Waals surface area (Å²) in [5.41, 5.74) is 3.50. The Labute approximate surface area is 151 Å². The van der Waals surface area contributed by atoms with Gasteiger partial charge in [0.1, 0.15) is 6.33 Å². The molecule has 1 N–H and O–H groups in total. The number of methoxy groups -OCH3 is 2. The van der Waals surface area contributed by atoms with Gasteiger partial charge in [-0.3, -0.25) is 4.57 Å². The minimum absolute atomic E-state index is 0.209. The van der Waals surface area contributed by atoms with Crippen LogP contribution in [0.15, 0.2) is 42.7 Å². The first-order valence-electron chi connectivity index (χ1n) is 7.94. The summed E-state index contributed by atoms with van der Waals surface area (Å²) in [5.74, 6) is 1.23. The maximum atomic E-state index is 10.6. The summed E-state index contributed by atoms with van der Waals surface area (Å²) in [4.78, 5) is 17.4. The van der Waals surface area contributed by atoms with Crippen molar-refractivity contribution < 1.29 is 23.5 Å². The molecule has 1 atom stereocenters. The number of ether oxygens (including phenoxy) is 2. The van der Waals surface area contributed by atoms with Crippen molar-refractivity contribution in [3.63, 3.8) is 0 Å². The van der Waals surface area contributed by atoms with Crippen LogP contribution in [0.25, 0.3) is 22.2 Å². The van der Waals surface area contributed by atoms with Gasteiger partial charge in [0.15, 0.2) is 11.5 Å². The molecular formula is C18H19N2O5P. The van der Waals surface area contributed by atoms with Crippen molar-refractivity contribution in [1.82, 2.24) is 9.97 Å². The summed E-state index contributed by atoms with van der Waals surface area (Å²) >= 11 is 0. The monoisotopic (exact) mass is 374 g/mol. The molecule has 1 aromatic heterocycles. The summed E-state index contributed by atoms with van der Waals surface area (Å²) in [6.45, 7) is 0.209. The zero-order valence-electron chi connectivity index (χ0n) is 14.4.